The number of aromatic nitrogens is 3. The lowest BCUT2D eigenvalue weighted by Gasteiger charge is -2.30. The second-order valence-corrected chi connectivity index (χ2v) is 6.75. The molecule has 8 nitrogen and oxygen atoms in total. The van der Waals surface area contributed by atoms with Crippen molar-refractivity contribution in [1.82, 2.24) is 15.0 Å². The smallest absolute Gasteiger partial charge is 0.220 e. The molecule has 0 aliphatic carbocycles. The molecule has 158 valence electrons. The molecule has 1 aliphatic rings. The van der Waals surface area contributed by atoms with Crippen LogP contribution in [-0.2, 0) is 4.74 Å². The Kier molecular flexibility index (Phi) is 5.49. The Morgan fingerprint density at radius 3 is 2.37 bits per heavy atom. The average molecular weight is 416 g/mol. The lowest BCUT2D eigenvalue weighted by Crippen LogP contribution is -2.19. The number of pyridine rings is 1. The van der Waals surface area contributed by atoms with Gasteiger partial charge < -0.3 is 30.2 Å². The minimum absolute atomic E-state index is 0.0221. The number of ether oxygens (including phenoxy) is 3. The maximum atomic E-state index is 15.0. The van der Waals surface area contributed by atoms with Crippen LogP contribution in [0.2, 0.25) is 0 Å². The summed E-state index contributed by atoms with van der Waals surface area (Å²) in [5.41, 5.74) is 5.79. The Bertz CT molecular complexity index is 1060. The molecule has 3 aromatic rings. The number of rotatable bonds is 5. The van der Waals surface area contributed by atoms with Crippen molar-refractivity contribution in [3.63, 3.8) is 0 Å². The summed E-state index contributed by atoms with van der Waals surface area (Å²) in [5, 5.41) is 5.17. The summed E-state index contributed by atoms with van der Waals surface area (Å²) in [6.07, 6.45) is 2.90. The third-order valence-electron chi connectivity index (χ3n) is 4.89. The number of benzene rings is 1. The van der Waals surface area contributed by atoms with Crippen LogP contribution < -0.4 is 15.2 Å². The van der Waals surface area contributed by atoms with E-state index in [-0.39, 0.29) is 40.6 Å². The molecule has 10 heteroatoms. The number of nitrogens with two attached hydrogens (primary N) is 1. The van der Waals surface area contributed by atoms with Crippen molar-refractivity contribution in [3.8, 4) is 22.8 Å². The van der Waals surface area contributed by atoms with Gasteiger partial charge in [-0.2, -0.15) is 0 Å². The third-order valence-corrected chi connectivity index (χ3v) is 4.89. The van der Waals surface area contributed by atoms with Crippen molar-refractivity contribution in [1.29, 1.82) is 0 Å². The molecular weight excluding hydrogens is 396 g/mol. The second kappa shape index (κ2) is 8.23. The predicted octanol–water partition coefficient (Wildman–Crippen LogP) is 3.75. The van der Waals surface area contributed by atoms with Gasteiger partial charge in [0.2, 0.25) is 5.95 Å². The molecule has 0 unspecified atom stereocenters. The summed E-state index contributed by atoms with van der Waals surface area (Å²) in [4.78, 5) is 12.6. The van der Waals surface area contributed by atoms with Gasteiger partial charge in [0.05, 0.1) is 25.3 Å². The first-order valence-electron chi connectivity index (χ1n) is 9.34. The van der Waals surface area contributed by atoms with Gasteiger partial charge in [-0.15, -0.1) is 0 Å². The fourth-order valence-corrected chi connectivity index (χ4v) is 3.35. The summed E-state index contributed by atoms with van der Waals surface area (Å²) < 4.78 is 45.5. The first-order valence-corrected chi connectivity index (χ1v) is 9.34. The lowest BCUT2D eigenvalue weighted by molar-refractivity contribution is 0.0924. The van der Waals surface area contributed by atoms with Crippen LogP contribution in [0.3, 0.4) is 0 Å². The SMILES string of the molecule is COc1cc(OC)c(F)c(-c2cc3cnc(N)nc3c([N-]C3CCOCC3)n2)c1F. The first-order chi connectivity index (χ1) is 14.5. The van der Waals surface area contributed by atoms with Crippen LogP contribution in [0.5, 0.6) is 11.5 Å². The number of hydrogen-bond acceptors (Lipinski definition) is 7. The quantitative estimate of drug-likeness (QED) is 0.675. The standard InChI is InChI=1S/C20H20F2N5O3/c1-28-13-8-14(29-2)17(22)15(16(13)21)12-7-10-9-24-20(23)27-18(10)19(26-12)25-11-3-5-30-6-4-11/h7-9,11H,3-6H2,1-2H3,(H2-,23,24,25,26,27)/q-1. The third kappa shape index (κ3) is 3.65. The average Bonchev–Trinajstić information content (AvgIpc) is 2.75. The van der Waals surface area contributed by atoms with Crippen molar-refractivity contribution >= 4 is 22.7 Å². The largest absolute Gasteiger partial charge is 0.494 e. The zero-order valence-corrected chi connectivity index (χ0v) is 16.5. The number of nitrogens with zero attached hydrogens (tertiary/aromatic N) is 4. The van der Waals surface area contributed by atoms with Crippen molar-refractivity contribution in [2.24, 2.45) is 0 Å². The van der Waals surface area contributed by atoms with E-state index in [1.165, 1.54) is 26.5 Å². The van der Waals surface area contributed by atoms with Gasteiger partial charge in [0, 0.05) is 30.9 Å². The maximum absolute atomic E-state index is 15.0. The number of fused-ring (bicyclic) bond motifs is 1. The van der Waals surface area contributed by atoms with Gasteiger partial charge >= 0.3 is 0 Å². The van der Waals surface area contributed by atoms with Gasteiger partial charge in [-0.1, -0.05) is 0 Å². The van der Waals surface area contributed by atoms with Crippen molar-refractivity contribution in [3.05, 3.63) is 35.3 Å². The van der Waals surface area contributed by atoms with Crippen molar-refractivity contribution < 1.29 is 23.0 Å². The Hall–Kier alpha value is -3.27. The van der Waals surface area contributed by atoms with Crippen LogP contribution in [0.15, 0.2) is 18.3 Å². The number of methoxy groups -OCH3 is 2. The minimum Gasteiger partial charge on any atom is -0.494 e. The van der Waals surface area contributed by atoms with Gasteiger partial charge in [0.1, 0.15) is 0 Å². The minimum atomic E-state index is -0.893. The van der Waals surface area contributed by atoms with Gasteiger partial charge in [-0.05, 0) is 36.5 Å². The molecule has 3 heterocycles. The Labute approximate surface area is 171 Å². The van der Waals surface area contributed by atoms with Crippen LogP contribution in [0, 0.1) is 11.6 Å². The topological polar surface area (TPSA) is 106 Å². The van der Waals surface area contributed by atoms with E-state index in [9.17, 15) is 0 Å². The molecule has 0 spiro atoms. The van der Waals surface area contributed by atoms with Crippen molar-refractivity contribution in [2.75, 3.05) is 33.2 Å². The van der Waals surface area contributed by atoms with Gasteiger partial charge in [0.15, 0.2) is 23.1 Å². The fraction of sp³-hybridized carbons (Fsp3) is 0.350. The predicted molar refractivity (Wildman–Crippen MR) is 107 cm³/mol. The van der Waals surface area contributed by atoms with Gasteiger partial charge in [-0.3, -0.25) is 0 Å². The van der Waals surface area contributed by atoms with E-state index in [0.717, 1.165) is 6.07 Å². The van der Waals surface area contributed by atoms with E-state index < -0.39 is 11.6 Å². The normalized spacial score (nSPS) is 14.7. The van der Waals surface area contributed by atoms with E-state index in [0.29, 0.717) is 37.0 Å². The summed E-state index contributed by atoms with van der Waals surface area (Å²) in [6.45, 7) is 1.17. The van der Waals surface area contributed by atoms with Gasteiger partial charge in [-0.25, -0.2) is 18.7 Å². The van der Waals surface area contributed by atoms with E-state index in [1.807, 2.05) is 0 Å². The van der Waals surface area contributed by atoms with E-state index in [1.54, 1.807) is 0 Å². The zero-order chi connectivity index (χ0) is 21.3. The number of anilines is 1. The molecule has 0 bridgehead atoms. The first kappa shape index (κ1) is 20.0. The van der Waals surface area contributed by atoms with Crippen LogP contribution in [0.1, 0.15) is 12.8 Å². The maximum Gasteiger partial charge on any atom is 0.220 e. The fourth-order valence-electron chi connectivity index (χ4n) is 3.35. The molecule has 4 rings (SSSR count). The Morgan fingerprint density at radius 2 is 1.73 bits per heavy atom. The van der Waals surface area contributed by atoms with E-state index in [2.05, 4.69) is 20.3 Å². The molecule has 30 heavy (non-hydrogen) atoms. The number of halogens is 2. The molecule has 1 aromatic carbocycles. The van der Waals surface area contributed by atoms with Crippen LogP contribution in [0.4, 0.5) is 20.5 Å². The zero-order valence-electron chi connectivity index (χ0n) is 16.5. The highest BCUT2D eigenvalue weighted by Gasteiger charge is 2.21. The van der Waals surface area contributed by atoms with Crippen LogP contribution in [-0.4, -0.2) is 48.4 Å². The molecule has 0 atom stereocenters. The van der Waals surface area contributed by atoms with Crippen LogP contribution >= 0.6 is 0 Å². The molecule has 0 amide bonds. The molecule has 0 saturated carbocycles. The van der Waals surface area contributed by atoms with Crippen molar-refractivity contribution in [2.45, 2.75) is 18.9 Å². The monoisotopic (exact) mass is 416 g/mol. The van der Waals surface area contributed by atoms with E-state index in [4.69, 9.17) is 19.9 Å². The molecule has 2 N–H and O–H groups in total. The molecule has 1 aliphatic heterocycles. The van der Waals surface area contributed by atoms with Crippen LogP contribution in [0.25, 0.3) is 27.5 Å². The van der Waals surface area contributed by atoms with Gasteiger partial charge in [0.25, 0.3) is 0 Å². The molecule has 2 aromatic heterocycles. The summed E-state index contributed by atoms with van der Waals surface area (Å²) in [5.74, 6) is -1.82. The summed E-state index contributed by atoms with van der Waals surface area (Å²) >= 11 is 0. The highest BCUT2D eigenvalue weighted by atomic mass is 19.1. The van der Waals surface area contributed by atoms with E-state index >= 15 is 8.78 Å². The highest BCUT2D eigenvalue weighted by Crippen LogP contribution is 2.40. The second-order valence-electron chi connectivity index (χ2n) is 6.75. The molecule has 1 fully saturated rings. The Morgan fingerprint density at radius 1 is 1.07 bits per heavy atom. The summed E-state index contributed by atoms with van der Waals surface area (Å²) in [7, 11) is 2.58. The summed E-state index contributed by atoms with van der Waals surface area (Å²) in [6, 6.07) is 2.58. The molecule has 0 radical (unpaired) electrons. The molecular formula is C20H20F2N5O3-. The number of nitrogen functional groups attached to an aromatic ring is 1. The Balaban J connectivity index is 1.91. The number of hydrogen-bond donors (Lipinski definition) is 1. The molecule has 1 saturated heterocycles. The highest BCUT2D eigenvalue weighted by molar-refractivity contribution is 5.93. The lowest BCUT2D eigenvalue weighted by atomic mass is 10.1.